The third-order valence-corrected chi connectivity index (χ3v) is 4.02. The van der Waals surface area contributed by atoms with Gasteiger partial charge in [-0.15, -0.1) is 0 Å². The molecule has 5 N–H and O–H groups in total. The largest absolute Gasteiger partial charge is 0.505 e. The first kappa shape index (κ1) is 14.2. The summed E-state index contributed by atoms with van der Waals surface area (Å²) in [5.74, 6) is -2.91. The summed E-state index contributed by atoms with van der Waals surface area (Å²) < 4.78 is 0. The maximum atomic E-state index is 12.5. The van der Waals surface area contributed by atoms with Gasteiger partial charge in [0.15, 0.2) is 11.5 Å². The van der Waals surface area contributed by atoms with Gasteiger partial charge in [-0.2, -0.15) is 0 Å². The van der Waals surface area contributed by atoms with Gasteiger partial charge in [-0.3, -0.25) is 19.7 Å². The van der Waals surface area contributed by atoms with Crippen molar-refractivity contribution in [3.63, 3.8) is 0 Å². The van der Waals surface area contributed by atoms with E-state index in [1.165, 1.54) is 4.90 Å². The Morgan fingerprint density at radius 1 is 1.23 bits per heavy atom. The molecule has 3 amide bonds. The molecule has 3 rings (SSSR count). The number of nitrogen functional groups attached to an aromatic ring is 1. The van der Waals surface area contributed by atoms with Crippen LogP contribution in [0.2, 0.25) is 0 Å². The molecule has 0 spiro atoms. The molecule has 2 radical (unpaired) electrons. The number of carbonyl (C=O) groups is 3. The molecule has 0 bridgehead atoms. The number of rotatable bonds is 1. The lowest BCUT2D eigenvalue weighted by Gasteiger charge is -2.29. The van der Waals surface area contributed by atoms with Crippen LogP contribution < -0.4 is 16.5 Å². The van der Waals surface area contributed by atoms with Gasteiger partial charge < -0.3 is 20.8 Å². The standard InChI is InChI=1S/C13H12BN3O5/c14-8-9(15)4-3-17(5-1-2-6(18)16-12(5)21)13(22)7(4)10(19)11(8)20/h5,19-20H,1-3,15H2,(H,16,18,21). The summed E-state index contributed by atoms with van der Waals surface area (Å²) in [6.07, 6.45) is 0.303. The molecule has 2 aliphatic rings. The van der Waals surface area contributed by atoms with E-state index in [0.29, 0.717) is 0 Å². The number of benzene rings is 1. The van der Waals surface area contributed by atoms with Crippen LogP contribution in [-0.2, 0) is 16.1 Å². The van der Waals surface area contributed by atoms with Crippen molar-refractivity contribution >= 4 is 36.7 Å². The molecular formula is C13H12BN3O5. The van der Waals surface area contributed by atoms with E-state index in [4.69, 9.17) is 13.6 Å². The Morgan fingerprint density at radius 3 is 2.55 bits per heavy atom. The zero-order valence-electron chi connectivity index (χ0n) is 11.4. The third-order valence-electron chi connectivity index (χ3n) is 4.02. The molecule has 1 unspecified atom stereocenters. The third kappa shape index (κ3) is 1.82. The Labute approximate surface area is 126 Å². The van der Waals surface area contributed by atoms with E-state index < -0.39 is 35.3 Å². The normalized spacial score (nSPS) is 21.0. The predicted octanol–water partition coefficient (Wildman–Crippen LogP) is -1.77. The van der Waals surface area contributed by atoms with Gasteiger partial charge in [0.1, 0.15) is 13.9 Å². The molecule has 0 aromatic heterocycles. The zero-order valence-corrected chi connectivity index (χ0v) is 11.4. The van der Waals surface area contributed by atoms with Crippen molar-refractivity contribution in [3.05, 3.63) is 11.1 Å². The second kappa shape index (κ2) is 4.65. The van der Waals surface area contributed by atoms with Crippen LogP contribution in [0.3, 0.4) is 0 Å². The number of phenolic OH excluding ortho intramolecular Hbond substituents is 2. The van der Waals surface area contributed by atoms with Gasteiger partial charge in [0.2, 0.25) is 11.8 Å². The summed E-state index contributed by atoms with van der Waals surface area (Å²) in [7, 11) is 5.58. The minimum Gasteiger partial charge on any atom is -0.505 e. The fourth-order valence-electron chi connectivity index (χ4n) is 2.83. The summed E-state index contributed by atoms with van der Waals surface area (Å²) in [5, 5.41) is 21.8. The van der Waals surface area contributed by atoms with Crippen molar-refractivity contribution in [2.24, 2.45) is 0 Å². The van der Waals surface area contributed by atoms with Crippen LogP contribution in [0, 0.1) is 0 Å². The number of fused-ring (bicyclic) bond motifs is 1. The van der Waals surface area contributed by atoms with Crippen molar-refractivity contribution in [1.29, 1.82) is 0 Å². The lowest BCUT2D eigenvalue weighted by Crippen LogP contribution is -2.52. The van der Waals surface area contributed by atoms with Crippen molar-refractivity contribution in [3.8, 4) is 11.5 Å². The summed E-state index contributed by atoms with van der Waals surface area (Å²) in [5.41, 5.74) is 5.67. The number of nitrogens with zero attached hydrogens (tertiary/aromatic N) is 1. The Hall–Kier alpha value is -2.71. The van der Waals surface area contributed by atoms with Crippen LogP contribution in [0.5, 0.6) is 11.5 Å². The highest BCUT2D eigenvalue weighted by Gasteiger charge is 2.42. The number of phenols is 2. The topological polar surface area (TPSA) is 133 Å². The van der Waals surface area contributed by atoms with E-state index in [1.54, 1.807) is 0 Å². The predicted molar refractivity (Wildman–Crippen MR) is 75.6 cm³/mol. The summed E-state index contributed by atoms with van der Waals surface area (Å²) in [4.78, 5) is 36.7. The number of imide groups is 1. The molecular weight excluding hydrogens is 289 g/mol. The molecule has 22 heavy (non-hydrogen) atoms. The number of carbonyl (C=O) groups excluding carboxylic acids is 3. The van der Waals surface area contributed by atoms with Crippen LogP contribution in [0.15, 0.2) is 0 Å². The molecule has 9 heteroatoms. The summed E-state index contributed by atoms with van der Waals surface area (Å²) >= 11 is 0. The highest BCUT2D eigenvalue weighted by molar-refractivity contribution is 6.38. The highest BCUT2D eigenvalue weighted by atomic mass is 16.3. The average Bonchev–Trinajstić information content (AvgIpc) is 2.81. The van der Waals surface area contributed by atoms with Crippen molar-refractivity contribution in [2.45, 2.75) is 25.4 Å². The SMILES string of the molecule is [B]c1c(N)c2c(c(O)c1O)C(=O)N(C1CCC(=O)NC1=O)C2. The first-order valence-electron chi connectivity index (χ1n) is 6.59. The Bertz CT molecular complexity index is 733. The van der Waals surface area contributed by atoms with Crippen LogP contribution in [0.25, 0.3) is 0 Å². The van der Waals surface area contributed by atoms with Gasteiger partial charge in [-0.25, -0.2) is 0 Å². The zero-order chi connectivity index (χ0) is 16.2. The van der Waals surface area contributed by atoms with Gasteiger partial charge >= 0.3 is 0 Å². The molecule has 2 heterocycles. The van der Waals surface area contributed by atoms with Crippen LogP contribution >= 0.6 is 0 Å². The van der Waals surface area contributed by atoms with Crippen LogP contribution in [0.1, 0.15) is 28.8 Å². The first-order chi connectivity index (χ1) is 10.3. The number of nitrogens with two attached hydrogens (primary N) is 1. The van der Waals surface area contributed by atoms with Gasteiger partial charge in [-0.05, 0) is 11.9 Å². The molecule has 112 valence electrons. The first-order valence-corrected chi connectivity index (χ1v) is 6.59. The molecule has 1 saturated heterocycles. The molecule has 2 aliphatic heterocycles. The second-order valence-electron chi connectivity index (χ2n) is 5.28. The van der Waals surface area contributed by atoms with E-state index >= 15 is 0 Å². The van der Waals surface area contributed by atoms with Crippen LogP contribution in [0.4, 0.5) is 5.69 Å². The van der Waals surface area contributed by atoms with E-state index in [1.807, 2.05) is 0 Å². The van der Waals surface area contributed by atoms with E-state index in [0.717, 1.165) is 0 Å². The summed E-state index contributed by atoms with van der Waals surface area (Å²) in [6.45, 7) is -0.0235. The second-order valence-corrected chi connectivity index (χ2v) is 5.28. The van der Waals surface area contributed by atoms with Gasteiger partial charge in [0.05, 0.1) is 5.56 Å². The number of piperidine rings is 1. The maximum absolute atomic E-state index is 12.5. The highest BCUT2D eigenvalue weighted by Crippen LogP contribution is 2.40. The fraction of sp³-hybridized carbons (Fsp3) is 0.308. The number of hydrogen-bond donors (Lipinski definition) is 4. The van der Waals surface area contributed by atoms with E-state index in [9.17, 15) is 24.6 Å². The van der Waals surface area contributed by atoms with E-state index in [2.05, 4.69) is 5.32 Å². The number of aromatic hydroxyl groups is 2. The molecule has 1 aromatic carbocycles. The molecule has 1 aromatic rings. The molecule has 0 saturated carbocycles. The van der Waals surface area contributed by atoms with Crippen molar-refractivity contribution in [1.82, 2.24) is 10.2 Å². The van der Waals surface area contributed by atoms with Crippen molar-refractivity contribution in [2.75, 3.05) is 5.73 Å². The van der Waals surface area contributed by atoms with Gasteiger partial charge in [0, 0.05) is 24.2 Å². The molecule has 0 aliphatic carbocycles. The smallest absolute Gasteiger partial charge is 0.259 e. The quantitative estimate of drug-likeness (QED) is 0.160. The fourth-order valence-corrected chi connectivity index (χ4v) is 2.83. The molecule has 1 atom stereocenters. The Morgan fingerprint density at radius 2 is 1.91 bits per heavy atom. The minimum absolute atomic E-state index is 0.00607. The van der Waals surface area contributed by atoms with Gasteiger partial charge in [0.25, 0.3) is 5.91 Å². The van der Waals surface area contributed by atoms with Crippen molar-refractivity contribution < 1.29 is 24.6 Å². The summed E-state index contributed by atoms with van der Waals surface area (Å²) in [6, 6.07) is -0.834. The number of amides is 3. The maximum Gasteiger partial charge on any atom is 0.259 e. The number of hydrogen-bond acceptors (Lipinski definition) is 6. The minimum atomic E-state index is -0.834. The number of nitrogens with one attached hydrogen (secondary N) is 1. The Balaban J connectivity index is 2.02. The van der Waals surface area contributed by atoms with E-state index in [-0.39, 0.29) is 41.7 Å². The monoisotopic (exact) mass is 301 g/mol. The number of anilines is 1. The lowest BCUT2D eigenvalue weighted by molar-refractivity contribution is -0.136. The molecule has 8 nitrogen and oxygen atoms in total. The average molecular weight is 301 g/mol. The Kier molecular flexibility index (Phi) is 3.01. The lowest BCUT2D eigenvalue weighted by atomic mass is 9.88. The van der Waals surface area contributed by atoms with Gasteiger partial charge in [-0.1, -0.05) is 0 Å². The molecule has 1 fully saturated rings. The van der Waals surface area contributed by atoms with Crippen LogP contribution in [-0.4, -0.2) is 46.7 Å².